The Hall–Kier alpha value is 0.180. The molecule has 52 valence electrons. The molecule has 1 aliphatic rings. The smallest absolute Gasteiger partial charge is 0.0854 e. The van der Waals surface area contributed by atoms with Gasteiger partial charge in [0.25, 0.3) is 0 Å². The fraction of sp³-hybridized carbons (Fsp3) is 0.714. The van der Waals surface area contributed by atoms with Crippen molar-refractivity contribution in [2.24, 2.45) is 0 Å². The van der Waals surface area contributed by atoms with Gasteiger partial charge in [0.1, 0.15) is 0 Å². The molecular formula is C7H11BrO. The summed E-state index contributed by atoms with van der Waals surface area (Å²) in [6.07, 6.45) is 2.95. The Balaban J connectivity index is 2.72. The molecule has 1 atom stereocenters. The van der Waals surface area contributed by atoms with Crippen molar-refractivity contribution in [3.05, 3.63) is 10.1 Å². The third-order valence-electron chi connectivity index (χ3n) is 1.73. The van der Waals surface area contributed by atoms with Crippen molar-refractivity contribution >= 4 is 15.9 Å². The van der Waals surface area contributed by atoms with Crippen molar-refractivity contribution in [3.63, 3.8) is 0 Å². The minimum atomic E-state index is -0.223. The molecule has 0 aromatic heterocycles. The molecule has 1 nitrogen and oxygen atoms in total. The summed E-state index contributed by atoms with van der Waals surface area (Å²) in [7, 11) is 0. The summed E-state index contributed by atoms with van der Waals surface area (Å²) in [5.74, 6) is 0. The lowest BCUT2D eigenvalue weighted by Gasteiger charge is -2.18. The number of aliphatic hydroxyl groups is 1. The molecule has 1 unspecified atom stereocenters. The standard InChI is InChI=1S/C7H11BrO/c1-5-3-2-4-6(9)7(5)8/h6,9H,2-4H2,1H3. The Morgan fingerprint density at radius 1 is 1.67 bits per heavy atom. The third kappa shape index (κ3) is 1.55. The molecule has 0 aromatic rings. The molecule has 2 heteroatoms. The van der Waals surface area contributed by atoms with Crippen LogP contribution in [-0.2, 0) is 0 Å². The Labute approximate surface area is 63.9 Å². The molecule has 0 fully saturated rings. The fourth-order valence-corrected chi connectivity index (χ4v) is 1.52. The molecular weight excluding hydrogens is 180 g/mol. The van der Waals surface area contributed by atoms with Gasteiger partial charge in [0.2, 0.25) is 0 Å². The van der Waals surface area contributed by atoms with Crippen LogP contribution >= 0.6 is 15.9 Å². The van der Waals surface area contributed by atoms with Gasteiger partial charge in [-0.2, -0.15) is 0 Å². The van der Waals surface area contributed by atoms with E-state index in [-0.39, 0.29) is 6.10 Å². The van der Waals surface area contributed by atoms with E-state index in [1.54, 1.807) is 0 Å². The topological polar surface area (TPSA) is 20.2 Å². The van der Waals surface area contributed by atoms with Crippen LogP contribution in [0.15, 0.2) is 10.1 Å². The SMILES string of the molecule is CC1=C(Br)C(O)CCC1. The number of halogens is 1. The van der Waals surface area contributed by atoms with Gasteiger partial charge in [0, 0.05) is 4.48 Å². The summed E-state index contributed by atoms with van der Waals surface area (Å²) in [5, 5.41) is 9.24. The van der Waals surface area contributed by atoms with Crippen LogP contribution in [0.2, 0.25) is 0 Å². The van der Waals surface area contributed by atoms with Crippen molar-refractivity contribution in [1.29, 1.82) is 0 Å². The monoisotopic (exact) mass is 190 g/mol. The molecule has 1 N–H and O–H groups in total. The number of aliphatic hydroxyl groups excluding tert-OH is 1. The highest BCUT2D eigenvalue weighted by atomic mass is 79.9. The number of hydrogen-bond donors (Lipinski definition) is 1. The van der Waals surface area contributed by atoms with Crippen molar-refractivity contribution < 1.29 is 5.11 Å². The average molecular weight is 191 g/mol. The highest BCUT2D eigenvalue weighted by molar-refractivity contribution is 9.11. The van der Waals surface area contributed by atoms with Crippen molar-refractivity contribution in [2.45, 2.75) is 32.3 Å². The first-order valence-corrected chi connectivity index (χ1v) is 4.04. The van der Waals surface area contributed by atoms with Gasteiger partial charge in [-0.1, -0.05) is 21.5 Å². The molecule has 0 aromatic carbocycles. The van der Waals surface area contributed by atoms with Gasteiger partial charge >= 0.3 is 0 Å². The quantitative estimate of drug-likeness (QED) is 0.622. The van der Waals surface area contributed by atoms with Crippen molar-refractivity contribution in [1.82, 2.24) is 0 Å². The molecule has 0 aliphatic heterocycles. The number of hydrogen-bond acceptors (Lipinski definition) is 1. The average Bonchev–Trinajstić information content (AvgIpc) is 1.83. The van der Waals surface area contributed by atoms with E-state index in [0.29, 0.717) is 0 Å². The summed E-state index contributed by atoms with van der Waals surface area (Å²) in [4.78, 5) is 0. The molecule has 0 bridgehead atoms. The first kappa shape index (κ1) is 7.29. The molecule has 0 amide bonds. The minimum absolute atomic E-state index is 0.223. The highest BCUT2D eigenvalue weighted by Crippen LogP contribution is 2.28. The molecule has 0 heterocycles. The molecule has 1 rings (SSSR count). The fourth-order valence-electron chi connectivity index (χ4n) is 1.09. The van der Waals surface area contributed by atoms with Gasteiger partial charge < -0.3 is 5.11 Å². The zero-order chi connectivity index (χ0) is 6.85. The lowest BCUT2D eigenvalue weighted by atomic mass is 9.99. The molecule has 0 saturated carbocycles. The van der Waals surface area contributed by atoms with Gasteiger partial charge in [-0.05, 0) is 26.2 Å². The predicted molar refractivity (Wildman–Crippen MR) is 41.5 cm³/mol. The number of allylic oxidation sites excluding steroid dienone is 1. The zero-order valence-electron chi connectivity index (χ0n) is 5.52. The Morgan fingerprint density at radius 3 is 2.78 bits per heavy atom. The van der Waals surface area contributed by atoms with Crippen LogP contribution in [0.3, 0.4) is 0 Å². The normalized spacial score (nSPS) is 29.0. The summed E-state index contributed by atoms with van der Waals surface area (Å²) in [6, 6.07) is 0. The maximum Gasteiger partial charge on any atom is 0.0854 e. The first-order chi connectivity index (χ1) is 4.22. The largest absolute Gasteiger partial charge is 0.388 e. The van der Waals surface area contributed by atoms with E-state index >= 15 is 0 Å². The first-order valence-electron chi connectivity index (χ1n) is 3.25. The van der Waals surface area contributed by atoms with E-state index in [9.17, 15) is 5.11 Å². The summed E-state index contributed by atoms with van der Waals surface area (Å²) in [5.41, 5.74) is 1.30. The second-order valence-electron chi connectivity index (χ2n) is 2.54. The Morgan fingerprint density at radius 2 is 2.33 bits per heavy atom. The third-order valence-corrected chi connectivity index (χ3v) is 2.93. The molecule has 1 aliphatic carbocycles. The highest BCUT2D eigenvalue weighted by Gasteiger charge is 2.15. The van der Waals surface area contributed by atoms with E-state index in [4.69, 9.17) is 0 Å². The van der Waals surface area contributed by atoms with Crippen LogP contribution in [-0.4, -0.2) is 11.2 Å². The van der Waals surface area contributed by atoms with Crippen LogP contribution in [0.5, 0.6) is 0 Å². The molecule has 9 heavy (non-hydrogen) atoms. The molecule has 0 radical (unpaired) electrons. The van der Waals surface area contributed by atoms with Gasteiger partial charge in [-0.25, -0.2) is 0 Å². The Kier molecular flexibility index (Phi) is 2.30. The summed E-state index contributed by atoms with van der Waals surface area (Å²) < 4.78 is 1.01. The van der Waals surface area contributed by atoms with Gasteiger partial charge in [-0.3, -0.25) is 0 Å². The van der Waals surface area contributed by atoms with E-state index in [1.165, 1.54) is 5.57 Å². The van der Waals surface area contributed by atoms with Gasteiger partial charge in [-0.15, -0.1) is 0 Å². The van der Waals surface area contributed by atoms with Crippen LogP contribution in [0.1, 0.15) is 26.2 Å². The Bertz CT molecular complexity index is 140. The van der Waals surface area contributed by atoms with Crippen LogP contribution < -0.4 is 0 Å². The summed E-state index contributed by atoms with van der Waals surface area (Å²) >= 11 is 3.35. The molecule has 0 spiro atoms. The lowest BCUT2D eigenvalue weighted by Crippen LogP contribution is -2.11. The van der Waals surface area contributed by atoms with Gasteiger partial charge in [0.05, 0.1) is 6.10 Å². The van der Waals surface area contributed by atoms with E-state index < -0.39 is 0 Å². The predicted octanol–water partition coefficient (Wildman–Crippen LogP) is 2.20. The zero-order valence-corrected chi connectivity index (χ0v) is 7.11. The lowest BCUT2D eigenvalue weighted by molar-refractivity contribution is 0.199. The minimum Gasteiger partial charge on any atom is -0.388 e. The maximum atomic E-state index is 9.24. The van der Waals surface area contributed by atoms with Crippen LogP contribution in [0.25, 0.3) is 0 Å². The van der Waals surface area contributed by atoms with Crippen molar-refractivity contribution in [2.75, 3.05) is 0 Å². The molecule has 0 saturated heterocycles. The number of rotatable bonds is 0. The van der Waals surface area contributed by atoms with E-state index in [0.717, 1.165) is 23.7 Å². The van der Waals surface area contributed by atoms with Gasteiger partial charge in [0.15, 0.2) is 0 Å². The second-order valence-corrected chi connectivity index (χ2v) is 3.39. The van der Waals surface area contributed by atoms with E-state index in [2.05, 4.69) is 22.9 Å². The van der Waals surface area contributed by atoms with Crippen LogP contribution in [0, 0.1) is 0 Å². The summed E-state index contributed by atoms with van der Waals surface area (Å²) in [6.45, 7) is 2.06. The maximum absolute atomic E-state index is 9.24. The van der Waals surface area contributed by atoms with Crippen LogP contribution in [0.4, 0.5) is 0 Å². The second kappa shape index (κ2) is 2.84. The van der Waals surface area contributed by atoms with E-state index in [1.807, 2.05) is 0 Å². The van der Waals surface area contributed by atoms with Crippen molar-refractivity contribution in [3.8, 4) is 0 Å².